The maximum Gasteiger partial charge on any atom is 0.301 e. The minimum absolute atomic E-state index is 0.278. The molecular weight excluding hydrogens is 416 g/mol. The molecule has 156 valence electrons. The first-order valence-corrected chi connectivity index (χ1v) is 12.8. The summed E-state index contributed by atoms with van der Waals surface area (Å²) in [5, 5.41) is 4.46. The van der Waals surface area contributed by atoms with Crippen LogP contribution in [0, 0.1) is 0 Å². The Labute approximate surface area is 181 Å². The number of hydrogen-bond acceptors (Lipinski definition) is 5. The van der Waals surface area contributed by atoms with Crippen LogP contribution in [-0.4, -0.2) is 42.3 Å². The minimum atomic E-state index is -3.52. The predicted molar refractivity (Wildman–Crippen MR) is 124 cm³/mol. The van der Waals surface area contributed by atoms with Crippen molar-refractivity contribution < 1.29 is 8.42 Å². The monoisotopic (exact) mass is 440 g/mol. The van der Waals surface area contributed by atoms with E-state index in [1.54, 1.807) is 17.8 Å². The second-order valence-electron chi connectivity index (χ2n) is 7.66. The molecule has 0 unspecified atom stereocenters. The molecule has 2 aromatic carbocycles. The topological polar surface area (TPSA) is 74.3 Å². The van der Waals surface area contributed by atoms with Gasteiger partial charge in [-0.05, 0) is 54.3 Å². The highest BCUT2D eigenvalue weighted by Gasteiger charge is 2.24. The number of hydrogen-bond donors (Lipinski definition) is 2. The van der Waals surface area contributed by atoms with Crippen molar-refractivity contribution in [1.82, 2.24) is 9.29 Å². The van der Waals surface area contributed by atoms with E-state index in [9.17, 15) is 8.42 Å². The molecule has 2 heterocycles. The number of thioether (sulfide) groups is 1. The Kier molecular flexibility index (Phi) is 5.30. The molecule has 0 spiro atoms. The zero-order chi connectivity index (χ0) is 20.6. The highest BCUT2D eigenvalue weighted by Crippen LogP contribution is 2.33. The fraction of sp³-hybridized carbons (Fsp3) is 0.318. The van der Waals surface area contributed by atoms with E-state index in [0.717, 1.165) is 41.1 Å². The molecule has 3 aromatic rings. The largest absolute Gasteiger partial charge is 0.363 e. The third-order valence-electron chi connectivity index (χ3n) is 5.70. The molecular formula is C22H24N4O2S2. The molecule has 30 heavy (non-hydrogen) atoms. The molecule has 1 saturated heterocycles. The van der Waals surface area contributed by atoms with Crippen LogP contribution in [0.2, 0.25) is 0 Å². The molecule has 1 aliphatic carbocycles. The average molecular weight is 441 g/mol. The van der Waals surface area contributed by atoms with Crippen LogP contribution >= 0.6 is 11.8 Å². The van der Waals surface area contributed by atoms with E-state index < -0.39 is 10.2 Å². The number of fused-ring (bicyclic) bond motifs is 2. The smallest absolute Gasteiger partial charge is 0.301 e. The van der Waals surface area contributed by atoms with Crippen molar-refractivity contribution in [3.8, 4) is 0 Å². The first-order valence-electron chi connectivity index (χ1n) is 10.2. The van der Waals surface area contributed by atoms with Crippen LogP contribution in [0.1, 0.15) is 23.6 Å². The van der Waals surface area contributed by atoms with E-state index in [-0.39, 0.29) is 6.04 Å². The van der Waals surface area contributed by atoms with E-state index in [1.165, 1.54) is 15.4 Å². The number of pyridine rings is 1. The van der Waals surface area contributed by atoms with Crippen molar-refractivity contribution in [2.75, 3.05) is 34.6 Å². The van der Waals surface area contributed by atoms with Crippen molar-refractivity contribution >= 4 is 44.4 Å². The third kappa shape index (κ3) is 3.99. The zero-order valence-corrected chi connectivity index (χ0v) is 18.2. The number of rotatable bonds is 5. The standard InChI is InChI=1S/C22H24N4O2S2/c27-30(28,26-11-13-29-14-12-26)25-18-7-9-20-17(15-18)6-10-22(23-20)24-21-8-5-16-3-1-2-4-19(16)21/h1-4,6-7,9-10,15,21,25H,5,8,11-14H2,(H,23,24)/t21-/m1/s1. The van der Waals surface area contributed by atoms with E-state index in [2.05, 4.69) is 34.3 Å². The Bertz CT molecular complexity index is 1180. The van der Waals surface area contributed by atoms with E-state index in [4.69, 9.17) is 4.98 Å². The van der Waals surface area contributed by atoms with Crippen molar-refractivity contribution in [2.45, 2.75) is 18.9 Å². The number of nitrogens with one attached hydrogen (secondary N) is 2. The van der Waals surface area contributed by atoms with Crippen LogP contribution in [0.25, 0.3) is 10.9 Å². The molecule has 0 amide bonds. The fourth-order valence-electron chi connectivity index (χ4n) is 4.16. The Morgan fingerprint density at radius 2 is 1.87 bits per heavy atom. The lowest BCUT2D eigenvalue weighted by atomic mass is 10.1. The average Bonchev–Trinajstić information content (AvgIpc) is 3.17. The van der Waals surface area contributed by atoms with Crippen LogP contribution in [0.15, 0.2) is 54.6 Å². The predicted octanol–water partition coefficient (Wildman–Crippen LogP) is 4.04. The summed E-state index contributed by atoms with van der Waals surface area (Å²) in [6.07, 6.45) is 2.15. The summed E-state index contributed by atoms with van der Waals surface area (Å²) >= 11 is 1.78. The quantitative estimate of drug-likeness (QED) is 0.626. The molecule has 1 atom stereocenters. The Morgan fingerprint density at radius 1 is 1.03 bits per heavy atom. The van der Waals surface area contributed by atoms with E-state index in [0.29, 0.717) is 18.8 Å². The lowest BCUT2D eigenvalue weighted by Crippen LogP contribution is -2.41. The summed E-state index contributed by atoms with van der Waals surface area (Å²) < 4.78 is 29.5. The lowest BCUT2D eigenvalue weighted by molar-refractivity contribution is 0.448. The van der Waals surface area contributed by atoms with Gasteiger partial charge in [0.05, 0.1) is 17.2 Å². The van der Waals surface area contributed by atoms with Gasteiger partial charge in [-0.3, -0.25) is 4.72 Å². The normalized spacial score (nSPS) is 19.5. The zero-order valence-electron chi connectivity index (χ0n) is 16.5. The summed E-state index contributed by atoms with van der Waals surface area (Å²) in [5.41, 5.74) is 4.15. The summed E-state index contributed by atoms with van der Waals surface area (Å²) in [6.45, 7) is 1.10. The second kappa shape index (κ2) is 8.09. The Balaban J connectivity index is 1.33. The maximum atomic E-state index is 12.6. The van der Waals surface area contributed by atoms with Gasteiger partial charge in [0.1, 0.15) is 5.82 Å². The number of benzene rings is 2. The molecule has 6 nitrogen and oxygen atoms in total. The van der Waals surface area contributed by atoms with Crippen molar-refractivity contribution in [1.29, 1.82) is 0 Å². The van der Waals surface area contributed by atoms with Crippen LogP contribution in [0.4, 0.5) is 11.5 Å². The molecule has 0 radical (unpaired) electrons. The number of nitrogens with zero attached hydrogens (tertiary/aromatic N) is 2. The van der Waals surface area contributed by atoms with Gasteiger partial charge < -0.3 is 5.32 Å². The molecule has 1 fully saturated rings. The number of anilines is 2. The second-order valence-corrected chi connectivity index (χ2v) is 10.6. The molecule has 2 N–H and O–H groups in total. The van der Waals surface area contributed by atoms with Gasteiger partial charge in [-0.25, -0.2) is 4.98 Å². The molecule has 0 bridgehead atoms. The number of aromatic nitrogens is 1. The van der Waals surface area contributed by atoms with Crippen molar-refractivity contribution in [3.05, 3.63) is 65.7 Å². The molecule has 5 rings (SSSR count). The van der Waals surface area contributed by atoms with Gasteiger partial charge in [-0.2, -0.15) is 24.5 Å². The first-order chi connectivity index (χ1) is 14.6. The molecule has 2 aliphatic rings. The minimum Gasteiger partial charge on any atom is -0.363 e. The molecule has 8 heteroatoms. The lowest BCUT2D eigenvalue weighted by Gasteiger charge is -2.26. The van der Waals surface area contributed by atoms with Gasteiger partial charge in [-0.1, -0.05) is 24.3 Å². The molecule has 1 aromatic heterocycles. The fourth-order valence-corrected chi connectivity index (χ4v) is 6.51. The molecule has 0 saturated carbocycles. The van der Waals surface area contributed by atoms with E-state index >= 15 is 0 Å². The Morgan fingerprint density at radius 3 is 2.73 bits per heavy atom. The maximum absolute atomic E-state index is 12.6. The SMILES string of the molecule is O=S(=O)(Nc1ccc2nc(N[C@@H]3CCc4ccccc43)ccc2c1)N1CCSCC1. The highest BCUT2D eigenvalue weighted by molar-refractivity contribution is 7.99. The molecule has 1 aliphatic heterocycles. The van der Waals surface area contributed by atoms with Gasteiger partial charge in [0.25, 0.3) is 0 Å². The van der Waals surface area contributed by atoms with Crippen molar-refractivity contribution in [3.63, 3.8) is 0 Å². The van der Waals surface area contributed by atoms with Gasteiger partial charge in [0.15, 0.2) is 0 Å². The highest BCUT2D eigenvalue weighted by atomic mass is 32.2. The van der Waals surface area contributed by atoms with Gasteiger partial charge in [0, 0.05) is 30.0 Å². The van der Waals surface area contributed by atoms with Crippen LogP contribution in [0.3, 0.4) is 0 Å². The third-order valence-corrected chi connectivity index (χ3v) is 8.18. The van der Waals surface area contributed by atoms with Gasteiger partial charge >= 0.3 is 10.2 Å². The summed E-state index contributed by atoms with van der Waals surface area (Å²) in [4.78, 5) is 4.74. The van der Waals surface area contributed by atoms with Gasteiger partial charge in [-0.15, -0.1) is 0 Å². The van der Waals surface area contributed by atoms with Crippen LogP contribution < -0.4 is 10.0 Å². The Hall–Kier alpha value is -2.29. The summed E-state index contributed by atoms with van der Waals surface area (Å²) in [6, 6.07) is 18.3. The summed E-state index contributed by atoms with van der Waals surface area (Å²) in [5.74, 6) is 2.51. The summed E-state index contributed by atoms with van der Waals surface area (Å²) in [7, 11) is -3.52. The van der Waals surface area contributed by atoms with Crippen LogP contribution in [-0.2, 0) is 16.6 Å². The first kappa shape index (κ1) is 19.7. The van der Waals surface area contributed by atoms with E-state index in [1.807, 2.05) is 24.3 Å². The van der Waals surface area contributed by atoms with Gasteiger partial charge in [0.2, 0.25) is 0 Å². The number of aryl methyl sites for hydroxylation is 1. The van der Waals surface area contributed by atoms with Crippen molar-refractivity contribution in [2.24, 2.45) is 0 Å². The van der Waals surface area contributed by atoms with Crippen LogP contribution in [0.5, 0.6) is 0 Å².